The minimum Gasteiger partial charge on any atom is -0.383 e. The Morgan fingerprint density at radius 1 is 1.47 bits per heavy atom. The van der Waals surface area contributed by atoms with Crippen molar-refractivity contribution in [3.05, 3.63) is 39.8 Å². The SMILES string of the molecule is COCCn1cc(CNc2cc(Cl)cnc2Br)cn1. The summed E-state index contributed by atoms with van der Waals surface area (Å²) in [6.45, 7) is 2.06. The molecular formula is C12H14BrClN4O. The van der Waals surface area contributed by atoms with Gasteiger partial charge >= 0.3 is 0 Å². The first-order valence-electron chi connectivity index (χ1n) is 5.74. The fourth-order valence-electron chi connectivity index (χ4n) is 1.55. The quantitative estimate of drug-likeness (QED) is 0.818. The Morgan fingerprint density at radius 3 is 3.11 bits per heavy atom. The minimum absolute atomic E-state index is 0.599. The molecule has 0 aromatic carbocycles. The molecule has 0 atom stereocenters. The van der Waals surface area contributed by atoms with Crippen LogP contribution in [-0.4, -0.2) is 28.5 Å². The van der Waals surface area contributed by atoms with Crippen molar-refractivity contribution in [2.45, 2.75) is 13.1 Å². The van der Waals surface area contributed by atoms with Crippen LogP contribution in [0.3, 0.4) is 0 Å². The first kappa shape index (κ1) is 14.3. The summed E-state index contributed by atoms with van der Waals surface area (Å²) in [5.41, 5.74) is 1.94. The Hall–Kier alpha value is -1.11. The van der Waals surface area contributed by atoms with Crippen molar-refractivity contribution in [2.75, 3.05) is 19.0 Å². The zero-order chi connectivity index (χ0) is 13.7. The lowest BCUT2D eigenvalue weighted by atomic mass is 10.3. The van der Waals surface area contributed by atoms with Crippen molar-refractivity contribution >= 4 is 33.2 Å². The van der Waals surface area contributed by atoms with E-state index < -0.39 is 0 Å². The van der Waals surface area contributed by atoms with Crippen LogP contribution < -0.4 is 5.32 Å². The van der Waals surface area contributed by atoms with E-state index >= 15 is 0 Å². The van der Waals surface area contributed by atoms with Crippen molar-refractivity contribution in [3.8, 4) is 0 Å². The molecule has 2 aromatic rings. The number of hydrogen-bond acceptors (Lipinski definition) is 4. The number of nitrogens with zero attached hydrogens (tertiary/aromatic N) is 3. The lowest BCUT2D eigenvalue weighted by Gasteiger charge is -2.06. The van der Waals surface area contributed by atoms with Gasteiger partial charge in [-0.1, -0.05) is 11.6 Å². The second kappa shape index (κ2) is 6.88. The van der Waals surface area contributed by atoms with Crippen molar-refractivity contribution in [1.29, 1.82) is 0 Å². The number of halogens is 2. The monoisotopic (exact) mass is 344 g/mol. The molecule has 0 saturated carbocycles. The van der Waals surface area contributed by atoms with Crippen LogP contribution in [0.4, 0.5) is 5.69 Å². The highest BCUT2D eigenvalue weighted by molar-refractivity contribution is 9.10. The predicted octanol–water partition coefficient (Wildman–Crippen LogP) is 2.95. The third-order valence-corrected chi connectivity index (χ3v) is 3.34. The number of methoxy groups -OCH3 is 1. The van der Waals surface area contributed by atoms with E-state index in [1.54, 1.807) is 13.3 Å². The lowest BCUT2D eigenvalue weighted by molar-refractivity contribution is 0.183. The standard InChI is InChI=1S/C12H14BrClN4O/c1-19-3-2-18-8-9(6-17-18)5-15-11-4-10(14)7-16-12(11)13/h4,6-8,15H,2-3,5H2,1H3. The van der Waals surface area contributed by atoms with E-state index in [-0.39, 0.29) is 0 Å². The number of rotatable bonds is 6. The number of ether oxygens (including phenoxy) is 1. The summed E-state index contributed by atoms with van der Waals surface area (Å²) < 4.78 is 7.60. The molecule has 2 aromatic heterocycles. The smallest absolute Gasteiger partial charge is 0.129 e. The van der Waals surface area contributed by atoms with Gasteiger partial charge in [-0.3, -0.25) is 4.68 Å². The summed E-state index contributed by atoms with van der Waals surface area (Å²) in [6, 6.07) is 1.83. The molecule has 7 heteroatoms. The van der Waals surface area contributed by atoms with Gasteiger partial charge in [-0.15, -0.1) is 0 Å². The van der Waals surface area contributed by atoms with Crippen molar-refractivity contribution in [2.24, 2.45) is 0 Å². The highest BCUT2D eigenvalue weighted by Crippen LogP contribution is 2.23. The number of anilines is 1. The van der Waals surface area contributed by atoms with Gasteiger partial charge < -0.3 is 10.1 Å². The minimum atomic E-state index is 0.599. The summed E-state index contributed by atoms with van der Waals surface area (Å²) in [5, 5.41) is 8.11. The van der Waals surface area contributed by atoms with Gasteiger partial charge in [0.2, 0.25) is 0 Å². The van der Waals surface area contributed by atoms with E-state index in [1.165, 1.54) is 0 Å². The van der Waals surface area contributed by atoms with E-state index in [0.29, 0.717) is 18.2 Å². The molecule has 0 spiro atoms. The second-order valence-corrected chi connectivity index (χ2v) is 5.14. The van der Waals surface area contributed by atoms with Crippen LogP contribution in [-0.2, 0) is 17.8 Å². The predicted molar refractivity (Wildman–Crippen MR) is 78.4 cm³/mol. The van der Waals surface area contributed by atoms with Crippen LogP contribution in [0.1, 0.15) is 5.56 Å². The van der Waals surface area contributed by atoms with Gasteiger partial charge in [-0.25, -0.2) is 4.98 Å². The molecule has 102 valence electrons. The fourth-order valence-corrected chi connectivity index (χ4v) is 2.06. The molecule has 1 N–H and O–H groups in total. The van der Waals surface area contributed by atoms with Gasteiger partial charge in [0, 0.05) is 31.6 Å². The molecule has 19 heavy (non-hydrogen) atoms. The fraction of sp³-hybridized carbons (Fsp3) is 0.333. The van der Waals surface area contributed by atoms with Crippen LogP contribution in [0.25, 0.3) is 0 Å². The average molecular weight is 346 g/mol. The largest absolute Gasteiger partial charge is 0.383 e. The molecule has 0 radical (unpaired) electrons. The Balaban J connectivity index is 1.94. The Labute approximate surface area is 125 Å². The topological polar surface area (TPSA) is 52.0 Å². The van der Waals surface area contributed by atoms with Crippen LogP contribution >= 0.6 is 27.5 Å². The maximum absolute atomic E-state index is 5.91. The van der Waals surface area contributed by atoms with Crippen LogP contribution in [0.2, 0.25) is 5.02 Å². The van der Waals surface area contributed by atoms with Gasteiger partial charge in [0.05, 0.1) is 30.1 Å². The van der Waals surface area contributed by atoms with Crippen LogP contribution in [0.5, 0.6) is 0 Å². The van der Waals surface area contributed by atoms with Gasteiger partial charge in [-0.2, -0.15) is 5.10 Å². The van der Waals surface area contributed by atoms with Gasteiger partial charge in [0.25, 0.3) is 0 Å². The molecule has 0 amide bonds. The van der Waals surface area contributed by atoms with E-state index in [4.69, 9.17) is 16.3 Å². The Bertz CT molecular complexity index is 546. The molecule has 0 aliphatic carbocycles. The third-order valence-electron chi connectivity index (χ3n) is 2.50. The number of pyridine rings is 1. The van der Waals surface area contributed by atoms with Crippen molar-refractivity contribution in [1.82, 2.24) is 14.8 Å². The first-order valence-corrected chi connectivity index (χ1v) is 6.91. The Kier molecular flexibility index (Phi) is 5.18. The molecule has 0 fully saturated rings. The zero-order valence-electron chi connectivity index (χ0n) is 10.4. The number of nitrogens with one attached hydrogen (secondary N) is 1. The summed E-state index contributed by atoms with van der Waals surface area (Å²) in [7, 11) is 1.68. The number of hydrogen-bond donors (Lipinski definition) is 1. The summed E-state index contributed by atoms with van der Waals surface area (Å²) >= 11 is 9.28. The molecule has 0 aliphatic heterocycles. The lowest BCUT2D eigenvalue weighted by Crippen LogP contribution is -2.04. The second-order valence-electron chi connectivity index (χ2n) is 3.95. The van der Waals surface area contributed by atoms with E-state index in [1.807, 2.05) is 23.1 Å². The van der Waals surface area contributed by atoms with Crippen molar-refractivity contribution in [3.63, 3.8) is 0 Å². The zero-order valence-corrected chi connectivity index (χ0v) is 12.8. The molecule has 2 rings (SSSR count). The van der Waals surface area contributed by atoms with E-state index in [0.717, 1.165) is 22.4 Å². The third kappa shape index (κ3) is 4.19. The highest BCUT2D eigenvalue weighted by Gasteiger charge is 2.03. The summed E-state index contributed by atoms with van der Waals surface area (Å²) in [4.78, 5) is 4.12. The molecule has 0 unspecified atom stereocenters. The molecule has 5 nitrogen and oxygen atoms in total. The molecule has 0 aliphatic rings. The number of aromatic nitrogens is 3. The first-order chi connectivity index (χ1) is 9.19. The van der Waals surface area contributed by atoms with E-state index in [9.17, 15) is 0 Å². The summed E-state index contributed by atoms with van der Waals surface area (Å²) in [6.07, 6.45) is 5.41. The molecule has 2 heterocycles. The van der Waals surface area contributed by atoms with Gasteiger partial charge in [-0.05, 0) is 22.0 Å². The van der Waals surface area contributed by atoms with Crippen LogP contribution in [0, 0.1) is 0 Å². The summed E-state index contributed by atoms with van der Waals surface area (Å²) in [5.74, 6) is 0. The molecular weight excluding hydrogens is 332 g/mol. The van der Waals surface area contributed by atoms with E-state index in [2.05, 4.69) is 31.3 Å². The van der Waals surface area contributed by atoms with Crippen molar-refractivity contribution < 1.29 is 4.74 Å². The van der Waals surface area contributed by atoms with Gasteiger partial charge in [0.1, 0.15) is 4.60 Å². The normalized spacial score (nSPS) is 10.7. The molecule has 0 saturated heterocycles. The highest BCUT2D eigenvalue weighted by atomic mass is 79.9. The average Bonchev–Trinajstić information content (AvgIpc) is 2.85. The molecule has 0 bridgehead atoms. The Morgan fingerprint density at radius 2 is 2.32 bits per heavy atom. The maximum atomic E-state index is 5.91. The maximum Gasteiger partial charge on any atom is 0.129 e. The van der Waals surface area contributed by atoms with Crippen LogP contribution in [0.15, 0.2) is 29.3 Å². The van der Waals surface area contributed by atoms with Gasteiger partial charge in [0.15, 0.2) is 0 Å².